The molecule has 0 atom stereocenters. The average Bonchev–Trinajstić information content (AvgIpc) is 2.46. The van der Waals surface area contributed by atoms with Crippen LogP contribution in [0.25, 0.3) is 22.0 Å². The van der Waals surface area contributed by atoms with Gasteiger partial charge in [0, 0.05) is 23.7 Å². The summed E-state index contributed by atoms with van der Waals surface area (Å²) >= 11 is 0. The summed E-state index contributed by atoms with van der Waals surface area (Å²) in [5.74, 6) is -0.264. The van der Waals surface area contributed by atoms with E-state index in [4.69, 9.17) is 5.73 Å². The van der Waals surface area contributed by atoms with Gasteiger partial charge in [-0.15, -0.1) is 0 Å². The zero-order valence-electron chi connectivity index (χ0n) is 10.3. The van der Waals surface area contributed by atoms with Gasteiger partial charge in [-0.25, -0.2) is 4.39 Å². The molecule has 0 amide bonds. The van der Waals surface area contributed by atoms with E-state index < -0.39 is 0 Å². The Hall–Kier alpha value is -2.26. The summed E-state index contributed by atoms with van der Waals surface area (Å²) < 4.78 is 13.4. The Labute approximate surface area is 110 Å². The third kappa shape index (κ3) is 2.20. The van der Waals surface area contributed by atoms with Crippen LogP contribution in [0, 0.1) is 5.82 Å². The molecular weight excluding hydrogens is 239 g/mol. The molecule has 0 radical (unpaired) electrons. The molecule has 0 unspecified atom stereocenters. The summed E-state index contributed by atoms with van der Waals surface area (Å²) in [6.45, 7) is 0.377. The molecule has 0 saturated carbocycles. The van der Waals surface area contributed by atoms with Crippen LogP contribution in [0.3, 0.4) is 0 Å². The number of pyridine rings is 1. The van der Waals surface area contributed by atoms with E-state index in [1.54, 1.807) is 12.3 Å². The van der Waals surface area contributed by atoms with Crippen LogP contribution < -0.4 is 5.73 Å². The van der Waals surface area contributed by atoms with Crippen molar-refractivity contribution in [2.45, 2.75) is 6.54 Å². The SMILES string of the molecule is NCc1ccc(F)cc1-c1cnc2ccccc2c1. The predicted molar refractivity (Wildman–Crippen MR) is 75.0 cm³/mol. The topological polar surface area (TPSA) is 38.9 Å². The van der Waals surface area contributed by atoms with E-state index in [1.807, 2.05) is 30.3 Å². The Morgan fingerprint density at radius 1 is 1.05 bits per heavy atom. The summed E-state index contributed by atoms with van der Waals surface area (Å²) in [5.41, 5.74) is 9.24. The van der Waals surface area contributed by atoms with Crippen molar-refractivity contribution in [1.82, 2.24) is 4.98 Å². The number of rotatable bonds is 2. The average molecular weight is 252 g/mol. The van der Waals surface area contributed by atoms with Gasteiger partial charge in [-0.3, -0.25) is 4.98 Å². The van der Waals surface area contributed by atoms with Crippen LogP contribution in [0.2, 0.25) is 0 Å². The molecule has 0 saturated heterocycles. The molecular formula is C16H13FN2. The van der Waals surface area contributed by atoms with Crippen LogP contribution >= 0.6 is 0 Å². The second-order valence-electron chi connectivity index (χ2n) is 4.42. The van der Waals surface area contributed by atoms with Crippen LogP contribution in [0.15, 0.2) is 54.7 Å². The zero-order valence-corrected chi connectivity index (χ0v) is 10.3. The quantitative estimate of drug-likeness (QED) is 0.758. The van der Waals surface area contributed by atoms with Gasteiger partial charge in [0.25, 0.3) is 0 Å². The fraction of sp³-hybridized carbons (Fsp3) is 0.0625. The second kappa shape index (κ2) is 4.78. The van der Waals surface area contributed by atoms with Gasteiger partial charge in [-0.05, 0) is 35.4 Å². The molecule has 2 aromatic carbocycles. The molecule has 1 heterocycles. The van der Waals surface area contributed by atoms with E-state index in [1.165, 1.54) is 12.1 Å². The van der Waals surface area contributed by atoms with Crippen LogP contribution in [-0.4, -0.2) is 4.98 Å². The lowest BCUT2D eigenvalue weighted by molar-refractivity contribution is 0.627. The Balaban J connectivity index is 2.21. The predicted octanol–water partition coefficient (Wildman–Crippen LogP) is 3.50. The molecule has 3 heteroatoms. The summed E-state index contributed by atoms with van der Waals surface area (Å²) in [6, 6.07) is 14.5. The van der Waals surface area contributed by atoms with E-state index in [2.05, 4.69) is 4.98 Å². The van der Waals surface area contributed by atoms with E-state index in [0.717, 1.165) is 27.6 Å². The Bertz CT molecular complexity index is 738. The van der Waals surface area contributed by atoms with Crippen molar-refractivity contribution in [1.29, 1.82) is 0 Å². The molecule has 0 aliphatic carbocycles. The van der Waals surface area contributed by atoms with Crippen molar-refractivity contribution >= 4 is 10.9 Å². The van der Waals surface area contributed by atoms with Crippen molar-refractivity contribution in [3.8, 4) is 11.1 Å². The molecule has 19 heavy (non-hydrogen) atoms. The number of nitrogens with zero attached hydrogens (tertiary/aromatic N) is 1. The summed E-state index contributed by atoms with van der Waals surface area (Å²) in [6.07, 6.45) is 1.76. The maximum absolute atomic E-state index is 13.4. The van der Waals surface area contributed by atoms with Crippen LogP contribution in [0.5, 0.6) is 0 Å². The molecule has 0 spiro atoms. The van der Waals surface area contributed by atoms with Gasteiger partial charge in [-0.1, -0.05) is 24.3 Å². The third-order valence-corrected chi connectivity index (χ3v) is 3.19. The molecule has 0 bridgehead atoms. The molecule has 0 aliphatic rings. The molecule has 2 nitrogen and oxygen atoms in total. The van der Waals surface area contributed by atoms with E-state index in [9.17, 15) is 4.39 Å². The number of nitrogens with two attached hydrogens (primary N) is 1. The second-order valence-corrected chi connectivity index (χ2v) is 4.42. The molecule has 94 valence electrons. The highest BCUT2D eigenvalue weighted by atomic mass is 19.1. The van der Waals surface area contributed by atoms with Crippen molar-refractivity contribution in [2.24, 2.45) is 5.73 Å². The highest BCUT2D eigenvalue weighted by Gasteiger charge is 2.07. The number of halogens is 1. The first-order valence-electron chi connectivity index (χ1n) is 6.11. The van der Waals surface area contributed by atoms with Gasteiger partial charge in [0.05, 0.1) is 5.52 Å². The van der Waals surface area contributed by atoms with Crippen LogP contribution in [-0.2, 0) is 6.54 Å². The summed E-state index contributed by atoms with van der Waals surface area (Å²) in [5, 5.41) is 1.03. The number of aromatic nitrogens is 1. The molecule has 0 fully saturated rings. The van der Waals surface area contributed by atoms with E-state index in [0.29, 0.717) is 6.54 Å². The van der Waals surface area contributed by atoms with Crippen molar-refractivity contribution < 1.29 is 4.39 Å². The van der Waals surface area contributed by atoms with Crippen molar-refractivity contribution in [3.05, 3.63) is 66.1 Å². The number of fused-ring (bicyclic) bond motifs is 1. The van der Waals surface area contributed by atoms with Crippen LogP contribution in [0.1, 0.15) is 5.56 Å². The number of para-hydroxylation sites is 1. The van der Waals surface area contributed by atoms with E-state index in [-0.39, 0.29) is 5.82 Å². The van der Waals surface area contributed by atoms with Gasteiger partial charge >= 0.3 is 0 Å². The summed E-state index contributed by atoms with van der Waals surface area (Å²) in [4.78, 5) is 4.40. The van der Waals surface area contributed by atoms with Crippen LogP contribution in [0.4, 0.5) is 4.39 Å². The lowest BCUT2D eigenvalue weighted by Gasteiger charge is -2.09. The minimum Gasteiger partial charge on any atom is -0.326 e. The molecule has 3 rings (SSSR count). The largest absolute Gasteiger partial charge is 0.326 e. The monoisotopic (exact) mass is 252 g/mol. The zero-order chi connectivity index (χ0) is 13.2. The smallest absolute Gasteiger partial charge is 0.123 e. The molecule has 3 aromatic rings. The lowest BCUT2D eigenvalue weighted by Crippen LogP contribution is -1.99. The van der Waals surface area contributed by atoms with Gasteiger partial charge in [0.1, 0.15) is 5.82 Å². The highest BCUT2D eigenvalue weighted by molar-refractivity contribution is 5.84. The standard InChI is InChI=1S/C16H13FN2/c17-14-6-5-12(9-18)15(8-14)13-7-11-3-1-2-4-16(11)19-10-13/h1-8,10H,9,18H2. The fourth-order valence-corrected chi connectivity index (χ4v) is 2.21. The van der Waals surface area contributed by atoms with Crippen molar-refractivity contribution in [3.63, 3.8) is 0 Å². The Morgan fingerprint density at radius 3 is 2.74 bits per heavy atom. The lowest BCUT2D eigenvalue weighted by atomic mass is 9.99. The summed E-state index contributed by atoms with van der Waals surface area (Å²) in [7, 11) is 0. The highest BCUT2D eigenvalue weighted by Crippen LogP contribution is 2.26. The number of benzene rings is 2. The minimum absolute atomic E-state index is 0.264. The van der Waals surface area contributed by atoms with Gasteiger partial charge in [0.15, 0.2) is 0 Å². The first kappa shape index (κ1) is 11.8. The molecule has 1 aromatic heterocycles. The fourth-order valence-electron chi connectivity index (χ4n) is 2.21. The van der Waals surface area contributed by atoms with E-state index >= 15 is 0 Å². The normalized spacial score (nSPS) is 10.8. The molecule has 0 aliphatic heterocycles. The maximum Gasteiger partial charge on any atom is 0.123 e. The van der Waals surface area contributed by atoms with Gasteiger partial charge in [0.2, 0.25) is 0 Å². The number of hydrogen-bond donors (Lipinski definition) is 1. The Kier molecular flexibility index (Phi) is 2.97. The maximum atomic E-state index is 13.4. The molecule has 2 N–H and O–H groups in total. The van der Waals surface area contributed by atoms with Gasteiger partial charge < -0.3 is 5.73 Å². The first-order valence-corrected chi connectivity index (χ1v) is 6.11. The number of hydrogen-bond acceptors (Lipinski definition) is 2. The third-order valence-electron chi connectivity index (χ3n) is 3.19. The van der Waals surface area contributed by atoms with Crippen molar-refractivity contribution in [2.75, 3.05) is 0 Å². The first-order chi connectivity index (χ1) is 9.28. The minimum atomic E-state index is -0.264. The Morgan fingerprint density at radius 2 is 1.89 bits per heavy atom. The van der Waals surface area contributed by atoms with Gasteiger partial charge in [-0.2, -0.15) is 0 Å².